The zero-order valence-corrected chi connectivity index (χ0v) is 16.4. The van der Waals surface area contributed by atoms with E-state index in [1.165, 1.54) is 26.4 Å². The number of nitrogens with one attached hydrogen (secondary N) is 2. The summed E-state index contributed by atoms with van der Waals surface area (Å²) >= 11 is 0. The molecule has 0 saturated heterocycles. The summed E-state index contributed by atoms with van der Waals surface area (Å²) in [5.41, 5.74) is 7.71. The minimum absolute atomic E-state index is 0. The maximum atomic E-state index is 12.4. The third-order valence-corrected chi connectivity index (χ3v) is 4.71. The molecule has 1 aliphatic rings. The Morgan fingerprint density at radius 3 is 2.54 bits per heavy atom. The van der Waals surface area contributed by atoms with Gasteiger partial charge < -0.3 is 21.1 Å². The lowest BCUT2D eigenvalue weighted by Crippen LogP contribution is -2.36. The summed E-state index contributed by atoms with van der Waals surface area (Å²) in [5.74, 6) is -0.199. The van der Waals surface area contributed by atoms with Crippen LogP contribution in [0.3, 0.4) is 0 Å². The van der Waals surface area contributed by atoms with E-state index >= 15 is 0 Å². The Bertz CT molecular complexity index is 600. The molecule has 0 aliphatic heterocycles. The lowest BCUT2D eigenvalue weighted by Gasteiger charge is -2.23. The van der Waals surface area contributed by atoms with Crippen LogP contribution in [0.4, 0.5) is 5.69 Å². The molecule has 1 fully saturated rings. The van der Waals surface area contributed by atoms with Crippen molar-refractivity contribution in [1.29, 1.82) is 0 Å². The third-order valence-electron chi connectivity index (χ3n) is 4.71. The molecule has 1 aliphatic carbocycles. The first kappa shape index (κ1) is 22.4. The first-order chi connectivity index (χ1) is 12.0. The number of ether oxygens (including phenoxy) is 1. The second-order valence-electron chi connectivity index (χ2n) is 6.68. The summed E-state index contributed by atoms with van der Waals surface area (Å²) in [7, 11) is 1.54. The van der Waals surface area contributed by atoms with Crippen LogP contribution in [-0.2, 0) is 9.53 Å². The highest BCUT2D eigenvalue weighted by molar-refractivity contribution is 5.96. The number of benzene rings is 1. The van der Waals surface area contributed by atoms with Crippen molar-refractivity contribution in [3.8, 4) is 0 Å². The van der Waals surface area contributed by atoms with Gasteiger partial charge in [0, 0.05) is 30.9 Å². The van der Waals surface area contributed by atoms with Crippen LogP contribution in [0.25, 0.3) is 0 Å². The first-order valence-electron chi connectivity index (χ1n) is 8.97. The molecular weight excluding hydrogens is 354 g/mol. The fourth-order valence-electron chi connectivity index (χ4n) is 3.13. The Kier molecular flexibility index (Phi) is 9.62. The second-order valence-corrected chi connectivity index (χ2v) is 6.68. The molecule has 0 heterocycles. The minimum Gasteiger partial charge on any atom is -0.380 e. The van der Waals surface area contributed by atoms with Crippen molar-refractivity contribution in [2.75, 3.05) is 19.0 Å². The number of hydrogen-bond donors (Lipinski definition) is 3. The largest absolute Gasteiger partial charge is 0.380 e. The third kappa shape index (κ3) is 6.59. The summed E-state index contributed by atoms with van der Waals surface area (Å²) in [6.45, 7) is 2.17. The van der Waals surface area contributed by atoms with Crippen LogP contribution < -0.4 is 16.4 Å². The number of carbonyl (C=O) groups excluding carboxylic acids is 2. The normalized spacial score (nSPS) is 15.7. The van der Waals surface area contributed by atoms with Gasteiger partial charge in [-0.25, -0.2) is 0 Å². The van der Waals surface area contributed by atoms with Gasteiger partial charge in [-0.15, -0.1) is 12.4 Å². The Morgan fingerprint density at radius 1 is 1.27 bits per heavy atom. The van der Waals surface area contributed by atoms with Crippen LogP contribution in [0.1, 0.15) is 54.4 Å². The zero-order valence-electron chi connectivity index (χ0n) is 15.5. The lowest BCUT2D eigenvalue weighted by molar-refractivity contribution is -0.118. The van der Waals surface area contributed by atoms with Crippen LogP contribution in [0.2, 0.25) is 0 Å². The number of hydrogen-bond acceptors (Lipinski definition) is 4. The van der Waals surface area contributed by atoms with Crippen LogP contribution in [0.5, 0.6) is 0 Å². The van der Waals surface area contributed by atoms with E-state index in [1.54, 1.807) is 12.1 Å². The van der Waals surface area contributed by atoms with Crippen LogP contribution in [-0.4, -0.2) is 37.6 Å². The molecular formula is C19H30ClN3O3. The molecule has 146 valence electrons. The number of methoxy groups -OCH3 is 1. The molecule has 1 unspecified atom stereocenters. The van der Waals surface area contributed by atoms with Gasteiger partial charge in [0.2, 0.25) is 5.91 Å². The SMILES string of the molecule is COC(CN)CC(=O)Nc1ccc(C(=O)NC2CCCCC2)cc1C.Cl. The number of halogens is 1. The van der Waals surface area contributed by atoms with E-state index in [1.807, 2.05) is 13.0 Å². The van der Waals surface area contributed by atoms with Crippen molar-refractivity contribution in [1.82, 2.24) is 5.32 Å². The second kappa shape index (κ2) is 11.2. The molecule has 6 nitrogen and oxygen atoms in total. The van der Waals surface area contributed by atoms with Crippen LogP contribution in [0.15, 0.2) is 18.2 Å². The van der Waals surface area contributed by atoms with E-state index < -0.39 is 0 Å². The van der Waals surface area contributed by atoms with Gasteiger partial charge >= 0.3 is 0 Å². The Hall–Kier alpha value is -1.63. The molecule has 26 heavy (non-hydrogen) atoms. The van der Waals surface area contributed by atoms with Gasteiger partial charge in [-0.1, -0.05) is 19.3 Å². The van der Waals surface area contributed by atoms with Crippen LogP contribution >= 0.6 is 12.4 Å². The molecule has 1 aromatic carbocycles. The number of carbonyl (C=O) groups is 2. The van der Waals surface area contributed by atoms with Gasteiger partial charge in [-0.05, 0) is 43.5 Å². The summed E-state index contributed by atoms with van der Waals surface area (Å²) in [4.78, 5) is 24.4. The molecule has 0 aromatic heterocycles. The fourth-order valence-corrected chi connectivity index (χ4v) is 3.13. The van der Waals surface area contributed by atoms with Gasteiger partial charge in [0.15, 0.2) is 0 Å². The number of anilines is 1. The summed E-state index contributed by atoms with van der Waals surface area (Å²) in [6.07, 6.45) is 5.65. The van der Waals surface area contributed by atoms with Crippen molar-refractivity contribution in [2.45, 2.75) is 57.6 Å². The average molecular weight is 384 g/mol. The predicted octanol–water partition coefficient (Wildman–Crippen LogP) is 2.78. The van der Waals surface area contributed by atoms with E-state index in [0.29, 0.717) is 17.8 Å². The van der Waals surface area contributed by atoms with Crippen molar-refractivity contribution < 1.29 is 14.3 Å². The predicted molar refractivity (Wildman–Crippen MR) is 106 cm³/mol. The zero-order chi connectivity index (χ0) is 18.2. The summed E-state index contributed by atoms with van der Waals surface area (Å²) < 4.78 is 5.12. The minimum atomic E-state index is -0.291. The van der Waals surface area contributed by atoms with Crippen molar-refractivity contribution >= 4 is 29.9 Å². The van der Waals surface area contributed by atoms with E-state index in [0.717, 1.165) is 18.4 Å². The Morgan fingerprint density at radius 2 is 1.96 bits per heavy atom. The molecule has 1 atom stereocenters. The number of nitrogens with two attached hydrogens (primary N) is 1. The average Bonchev–Trinajstić information content (AvgIpc) is 2.62. The fraction of sp³-hybridized carbons (Fsp3) is 0.579. The van der Waals surface area contributed by atoms with Gasteiger partial charge in [0.05, 0.1) is 12.5 Å². The summed E-state index contributed by atoms with van der Waals surface area (Å²) in [5, 5.41) is 5.96. The van der Waals surface area contributed by atoms with Crippen molar-refractivity contribution in [2.24, 2.45) is 5.73 Å². The van der Waals surface area contributed by atoms with Crippen LogP contribution in [0, 0.1) is 6.92 Å². The maximum Gasteiger partial charge on any atom is 0.251 e. The van der Waals surface area contributed by atoms with Gasteiger partial charge in [-0.3, -0.25) is 9.59 Å². The Labute approximate surface area is 161 Å². The molecule has 7 heteroatoms. The molecule has 1 aromatic rings. The molecule has 2 rings (SSSR count). The molecule has 2 amide bonds. The quantitative estimate of drug-likeness (QED) is 0.674. The van der Waals surface area contributed by atoms with E-state index in [2.05, 4.69) is 10.6 Å². The summed E-state index contributed by atoms with van der Waals surface area (Å²) in [6, 6.07) is 5.61. The number of amides is 2. The highest BCUT2D eigenvalue weighted by atomic mass is 35.5. The van der Waals surface area contributed by atoms with Crippen molar-refractivity contribution in [3.63, 3.8) is 0 Å². The first-order valence-corrected chi connectivity index (χ1v) is 8.97. The highest BCUT2D eigenvalue weighted by Crippen LogP contribution is 2.20. The standard InChI is InChI=1S/C19H29N3O3.ClH/c1-13-10-14(19(24)21-15-6-4-3-5-7-15)8-9-17(13)22-18(23)11-16(12-20)25-2;/h8-10,15-16H,3-7,11-12,20H2,1-2H3,(H,21,24)(H,22,23);1H. The molecule has 1 saturated carbocycles. The van der Waals surface area contributed by atoms with E-state index in [4.69, 9.17) is 10.5 Å². The maximum absolute atomic E-state index is 12.4. The smallest absolute Gasteiger partial charge is 0.251 e. The van der Waals surface area contributed by atoms with Gasteiger partial charge in [0.25, 0.3) is 5.91 Å². The van der Waals surface area contributed by atoms with Gasteiger partial charge in [0.1, 0.15) is 0 Å². The molecule has 0 spiro atoms. The number of aryl methyl sites for hydroxylation is 1. The molecule has 0 bridgehead atoms. The van der Waals surface area contributed by atoms with Gasteiger partial charge in [-0.2, -0.15) is 0 Å². The van der Waals surface area contributed by atoms with Crippen molar-refractivity contribution in [3.05, 3.63) is 29.3 Å². The Balaban J connectivity index is 0.00000338. The molecule has 0 radical (unpaired) electrons. The van der Waals surface area contributed by atoms with E-state index in [9.17, 15) is 9.59 Å². The number of rotatable bonds is 7. The van der Waals surface area contributed by atoms with E-state index in [-0.39, 0.29) is 42.8 Å². The molecule has 4 N–H and O–H groups in total. The lowest BCUT2D eigenvalue weighted by atomic mass is 9.95. The highest BCUT2D eigenvalue weighted by Gasteiger charge is 2.17. The topological polar surface area (TPSA) is 93.4 Å². The monoisotopic (exact) mass is 383 g/mol.